The lowest BCUT2D eigenvalue weighted by atomic mass is 9.82. The summed E-state index contributed by atoms with van der Waals surface area (Å²) in [7, 11) is 1.53. The minimum absolute atomic E-state index is 0.0128. The number of phenolic OH excluding ortho intramolecular Hbond substituents is 2. The van der Waals surface area contributed by atoms with Crippen LogP contribution in [0.3, 0.4) is 0 Å². The Morgan fingerprint density at radius 1 is 1.00 bits per heavy atom. The molecule has 57 heavy (non-hydrogen) atoms. The third-order valence-corrected chi connectivity index (χ3v) is 11.4. The second kappa shape index (κ2) is 18.3. The number of hydrogen-bond acceptors (Lipinski definition) is 9. The number of likely N-dealkylation sites (tertiary alicyclic amines) is 1. The Morgan fingerprint density at radius 2 is 1.75 bits per heavy atom. The van der Waals surface area contributed by atoms with E-state index in [-0.39, 0.29) is 63.9 Å². The Labute approximate surface area is 333 Å². The van der Waals surface area contributed by atoms with Crippen molar-refractivity contribution in [1.82, 2.24) is 14.8 Å². The fraction of sp³-hybridized carbons (Fsp3) is 0.489. The number of hydrogen-bond donors (Lipinski definition) is 3. The number of Topliss-reactive ketones (excluding diaryl/α,β-unsaturated/α-hetero) is 1. The van der Waals surface area contributed by atoms with E-state index < -0.39 is 35.7 Å². The largest absolute Gasteiger partial charge is 0.507 e. The van der Waals surface area contributed by atoms with Crippen LogP contribution in [0.25, 0.3) is 6.08 Å². The molecule has 0 radical (unpaired) electrons. The third-order valence-electron chi connectivity index (χ3n) is 11.4. The second-order valence-electron chi connectivity index (χ2n) is 16.3. The molecule has 12 nitrogen and oxygen atoms in total. The minimum atomic E-state index is -0.950. The molecule has 3 N–H and O–H groups in total. The monoisotopic (exact) mass is 781 g/mol. The standard InChI is InChI=1S/C45H55N3O9/c1-27(2)20-36(44(54)47-24-29-21-32(26-47)37-14-9-15-40(52)48(37)25-29)46-39(51)23-35(30-16-18-34(56-4)19-17-30)42-38(50)22-31-11-6-5-7-12-33(49)13-8-10-28(3)57-45(55)41(31)43(42)53/h6,9,11,14-19,22,27-29,32,35-36,50,53H,5,7-8,10,12-13,20-21,23-26H2,1-4H3,(H,46,51)/t28-,29+,32-,35?,36?/m0/s1. The number of methoxy groups -OCH3 is 1. The molecule has 0 saturated carbocycles. The highest BCUT2D eigenvalue weighted by atomic mass is 16.5. The van der Waals surface area contributed by atoms with Gasteiger partial charge in [0.1, 0.15) is 34.6 Å². The van der Waals surface area contributed by atoms with Crippen molar-refractivity contribution in [1.29, 1.82) is 0 Å². The van der Waals surface area contributed by atoms with Crippen molar-refractivity contribution in [2.75, 3.05) is 20.2 Å². The number of nitrogens with zero attached hydrogens (tertiary/aromatic N) is 2. The molecule has 4 heterocycles. The molecule has 2 amide bonds. The number of fused-ring (bicyclic) bond motifs is 5. The van der Waals surface area contributed by atoms with E-state index in [1.165, 1.54) is 13.2 Å². The van der Waals surface area contributed by atoms with Crippen LogP contribution < -0.4 is 15.6 Å². The van der Waals surface area contributed by atoms with Crippen molar-refractivity contribution in [3.63, 3.8) is 0 Å². The third kappa shape index (κ3) is 9.77. The van der Waals surface area contributed by atoms with E-state index in [0.29, 0.717) is 75.9 Å². The molecule has 0 spiro atoms. The Balaban J connectivity index is 1.31. The molecule has 6 rings (SSSR count). The lowest BCUT2D eigenvalue weighted by Crippen LogP contribution is -2.55. The van der Waals surface area contributed by atoms with Gasteiger partial charge in [-0.2, -0.15) is 0 Å². The molecule has 3 aliphatic heterocycles. The second-order valence-corrected chi connectivity index (χ2v) is 16.3. The van der Waals surface area contributed by atoms with Gasteiger partial charge in [-0.1, -0.05) is 44.2 Å². The molecule has 2 unspecified atom stereocenters. The summed E-state index contributed by atoms with van der Waals surface area (Å²) in [4.78, 5) is 69.0. The summed E-state index contributed by atoms with van der Waals surface area (Å²) in [6.45, 7) is 7.16. The van der Waals surface area contributed by atoms with Gasteiger partial charge in [-0.25, -0.2) is 4.79 Å². The number of ether oxygens (including phenoxy) is 2. The number of rotatable bonds is 9. The number of phenols is 2. The van der Waals surface area contributed by atoms with Crippen LogP contribution in [0.2, 0.25) is 0 Å². The number of allylic oxidation sites excluding steroid dienone is 1. The van der Waals surface area contributed by atoms with Crippen LogP contribution in [0.5, 0.6) is 17.2 Å². The van der Waals surface area contributed by atoms with Gasteiger partial charge >= 0.3 is 5.97 Å². The fourth-order valence-corrected chi connectivity index (χ4v) is 8.67. The maximum atomic E-state index is 14.3. The van der Waals surface area contributed by atoms with Gasteiger partial charge < -0.3 is 34.5 Å². The number of pyridine rings is 1. The highest BCUT2D eigenvalue weighted by molar-refractivity contribution is 5.98. The van der Waals surface area contributed by atoms with Gasteiger partial charge in [0.15, 0.2) is 0 Å². The number of carbonyl (C=O) groups is 4. The molecule has 1 fully saturated rings. The molecule has 1 aromatic heterocycles. The topological polar surface area (TPSA) is 164 Å². The number of esters is 1. The highest BCUT2D eigenvalue weighted by Crippen LogP contribution is 2.44. The lowest BCUT2D eigenvalue weighted by Gasteiger charge is -2.43. The van der Waals surface area contributed by atoms with E-state index in [0.717, 1.165) is 12.1 Å². The maximum Gasteiger partial charge on any atom is 0.342 e. The first-order chi connectivity index (χ1) is 27.3. The first-order valence-electron chi connectivity index (χ1n) is 20.2. The molecular weight excluding hydrogens is 727 g/mol. The quantitative estimate of drug-likeness (QED) is 0.207. The number of amides is 2. The summed E-state index contributed by atoms with van der Waals surface area (Å²) in [5.41, 5.74) is 1.53. The number of benzene rings is 2. The first-order valence-corrected chi connectivity index (χ1v) is 20.2. The molecule has 3 aromatic rings. The molecule has 304 valence electrons. The number of ketones is 1. The zero-order chi connectivity index (χ0) is 40.8. The number of piperidine rings is 1. The van der Waals surface area contributed by atoms with Crippen LogP contribution in [0, 0.1) is 11.8 Å². The van der Waals surface area contributed by atoms with Crippen LogP contribution in [-0.4, -0.2) is 75.6 Å². The molecule has 1 saturated heterocycles. The van der Waals surface area contributed by atoms with Gasteiger partial charge in [0, 0.05) is 68.1 Å². The number of cyclic esters (lactones) is 1. The van der Waals surface area contributed by atoms with Gasteiger partial charge in [0.05, 0.1) is 13.2 Å². The van der Waals surface area contributed by atoms with Crippen molar-refractivity contribution in [3.8, 4) is 17.2 Å². The number of nitrogens with one attached hydrogen (secondary N) is 1. The van der Waals surface area contributed by atoms with Gasteiger partial charge in [0.2, 0.25) is 11.8 Å². The van der Waals surface area contributed by atoms with E-state index >= 15 is 0 Å². The van der Waals surface area contributed by atoms with Crippen LogP contribution in [0.15, 0.2) is 59.4 Å². The van der Waals surface area contributed by atoms with Crippen LogP contribution in [0.4, 0.5) is 0 Å². The summed E-state index contributed by atoms with van der Waals surface area (Å²) in [5, 5.41) is 26.6. The smallest absolute Gasteiger partial charge is 0.342 e. The fourth-order valence-electron chi connectivity index (χ4n) is 8.67. The van der Waals surface area contributed by atoms with Crippen LogP contribution >= 0.6 is 0 Å². The number of carbonyl (C=O) groups excluding carboxylic acids is 4. The normalized spacial score (nSPS) is 21.1. The summed E-state index contributed by atoms with van der Waals surface area (Å²) in [6.07, 6.45) is 6.92. The van der Waals surface area contributed by atoms with E-state index in [2.05, 4.69) is 5.32 Å². The summed E-state index contributed by atoms with van der Waals surface area (Å²) >= 11 is 0. The van der Waals surface area contributed by atoms with Crippen LogP contribution in [-0.2, 0) is 25.7 Å². The summed E-state index contributed by atoms with van der Waals surface area (Å²) in [5.74, 6) is -2.32. The predicted molar refractivity (Wildman–Crippen MR) is 215 cm³/mol. The lowest BCUT2D eigenvalue weighted by molar-refractivity contribution is -0.139. The van der Waals surface area contributed by atoms with Crippen molar-refractivity contribution in [3.05, 3.63) is 92.9 Å². The van der Waals surface area contributed by atoms with Gasteiger partial charge in [-0.05, 0) is 92.7 Å². The van der Waals surface area contributed by atoms with E-state index in [1.807, 2.05) is 29.4 Å². The Morgan fingerprint density at radius 3 is 2.49 bits per heavy atom. The molecule has 5 atom stereocenters. The summed E-state index contributed by atoms with van der Waals surface area (Å²) in [6, 6.07) is 12.7. The zero-order valence-corrected chi connectivity index (χ0v) is 33.4. The Hall–Kier alpha value is -5.39. The summed E-state index contributed by atoms with van der Waals surface area (Å²) < 4.78 is 13.0. The van der Waals surface area contributed by atoms with Crippen LogP contribution in [0.1, 0.15) is 123 Å². The highest BCUT2D eigenvalue weighted by Gasteiger charge is 2.39. The van der Waals surface area contributed by atoms with E-state index in [9.17, 15) is 34.2 Å². The molecule has 2 bridgehead atoms. The van der Waals surface area contributed by atoms with Crippen molar-refractivity contribution in [2.45, 2.75) is 109 Å². The van der Waals surface area contributed by atoms with E-state index in [4.69, 9.17) is 9.47 Å². The molecular formula is C45H55N3O9. The van der Waals surface area contributed by atoms with Crippen molar-refractivity contribution in [2.24, 2.45) is 11.8 Å². The average molecular weight is 782 g/mol. The van der Waals surface area contributed by atoms with Gasteiger partial charge in [-0.3, -0.25) is 19.2 Å². The molecule has 3 aliphatic rings. The van der Waals surface area contributed by atoms with E-state index in [1.54, 1.807) is 55.5 Å². The zero-order valence-electron chi connectivity index (χ0n) is 33.4. The molecule has 0 aliphatic carbocycles. The van der Waals surface area contributed by atoms with Crippen molar-refractivity contribution < 1.29 is 38.9 Å². The first kappa shape index (κ1) is 41.2. The SMILES string of the molecule is COc1ccc(C(CC(=O)NC(CC(C)C)C(=O)N2C[C@H]3C[C@@H](C2)c2cccc(=O)n2C3)c2c(O)cc3c(c2O)C(=O)O[C@@H](C)CCCC(=O)CCCC=C3)cc1. The maximum absolute atomic E-state index is 14.3. The number of aromatic hydroxyl groups is 2. The molecule has 12 heteroatoms. The van der Waals surface area contributed by atoms with Gasteiger partial charge in [-0.15, -0.1) is 0 Å². The average Bonchev–Trinajstić information content (AvgIpc) is 3.16. The van der Waals surface area contributed by atoms with Gasteiger partial charge in [0.25, 0.3) is 5.56 Å². The Bertz CT molecular complexity index is 2050. The van der Waals surface area contributed by atoms with Crippen molar-refractivity contribution >= 4 is 29.6 Å². The predicted octanol–water partition coefficient (Wildman–Crippen LogP) is 6.45. The molecule has 2 aromatic carbocycles. The number of aromatic nitrogens is 1. The Kier molecular flexibility index (Phi) is 13.2. The minimum Gasteiger partial charge on any atom is -0.507 e.